The molecule has 2 amide bonds. The average Bonchev–Trinajstić information content (AvgIpc) is 3.01. The molecule has 2 heterocycles. The van der Waals surface area contributed by atoms with Crippen LogP contribution >= 0.6 is 0 Å². The fraction of sp³-hybridized carbons (Fsp3) is 0.387. The zero-order valence-corrected chi connectivity index (χ0v) is 24.6. The maximum Gasteiger partial charge on any atom is 0.411 e. The number of aliphatic hydroxyl groups excluding tert-OH is 1. The second-order valence-corrected chi connectivity index (χ2v) is 10.7. The third-order valence-corrected chi connectivity index (χ3v) is 7.54. The second kappa shape index (κ2) is 15.4. The highest BCUT2D eigenvalue weighted by Crippen LogP contribution is 2.30. The lowest BCUT2D eigenvalue weighted by Gasteiger charge is -2.33. The van der Waals surface area contributed by atoms with E-state index in [4.69, 9.17) is 14.6 Å². The fourth-order valence-electron chi connectivity index (χ4n) is 4.98. The molecule has 0 bridgehead atoms. The highest BCUT2D eigenvalue weighted by atomic mass is 19.4. The first kappa shape index (κ1) is 34.7. The summed E-state index contributed by atoms with van der Waals surface area (Å²) in [6.45, 7) is -1.41. The van der Waals surface area contributed by atoms with Gasteiger partial charge in [-0.1, -0.05) is 24.3 Å². The van der Waals surface area contributed by atoms with Crippen molar-refractivity contribution in [3.63, 3.8) is 0 Å². The number of likely N-dealkylation sites (N-methyl/N-ethyl adjacent to an activating group) is 1. The minimum absolute atomic E-state index is 0.104. The summed E-state index contributed by atoms with van der Waals surface area (Å²) in [5.41, 5.74) is 1.52. The van der Waals surface area contributed by atoms with Crippen LogP contribution in [0.5, 0.6) is 0 Å². The number of carbonyl (C=O) groups is 2. The van der Waals surface area contributed by atoms with E-state index in [1.807, 2.05) is 0 Å². The Labute approximate surface area is 260 Å². The molecule has 4 rings (SSSR count). The summed E-state index contributed by atoms with van der Waals surface area (Å²) in [5.74, 6) is -2.64. The molecular weight excluding hydrogens is 622 g/mol. The van der Waals surface area contributed by atoms with Gasteiger partial charge in [0.15, 0.2) is 12.3 Å². The predicted octanol–water partition coefficient (Wildman–Crippen LogP) is 4.90. The van der Waals surface area contributed by atoms with E-state index in [1.54, 1.807) is 0 Å². The Bertz CT molecular complexity index is 1420. The summed E-state index contributed by atoms with van der Waals surface area (Å²) in [6, 6.07) is 8.71. The molecule has 3 N–H and O–H groups in total. The summed E-state index contributed by atoms with van der Waals surface area (Å²) in [4.78, 5) is 29.4. The SMILES string of the molecule is CN(C(=O)O[C@H]1CO[C@H](CCc2c(F)cncc2NC(=O)CC(c2ccc(F)cc2)c2ccc(F)cc2)CN1)C(CO)C(F)(F)F. The third-order valence-electron chi connectivity index (χ3n) is 7.54. The number of alkyl halides is 3. The molecule has 0 radical (unpaired) electrons. The zero-order valence-electron chi connectivity index (χ0n) is 24.6. The molecule has 3 atom stereocenters. The standard InChI is InChI=1S/C31H32F6N4O5/c1-41(27(16-42)31(35,36)37)30(44)46-29-17-45-22(13-39-29)10-11-23-25(34)14-38-15-26(23)40-28(43)12-24(18-2-6-20(32)7-3-18)19-4-8-21(33)9-5-19/h2-9,14-15,22,24,27,29,39,42H,10-13,16-17H2,1H3,(H,40,43)/t22-,27?,29+/m1/s1. The molecule has 1 aliphatic rings. The lowest BCUT2D eigenvalue weighted by atomic mass is 9.88. The van der Waals surface area contributed by atoms with Gasteiger partial charge in [0.05, 0.1) is 37.4 Å². The van der Waals surface area contributed by atoms with Crippen LogP contribution in [0.3, 0.4) is 0 Å². The van der Waals surface area contributed by atoms with Gasteiger partial charge in [0.25, 0.3) is 0 Å². The van der Waals surface area contributed by atoms with Crippen molar-refractivity contribution in [2.75, 3.05) is 32.1 Å². The van der Waals surface area contributed by atoms with E-state index in [0.29, 0.717) is 11.1 Å². The van der Waals surface area contributed by atoms with Crippen molar-refractivity contribution in [3.8, 4) is 0 Å². The summed E-state index contributed by atoms with van der Waals surface area (Å²) < 4.78 is 91.7. The van der Waals surface area contributed by atoms with Crippen LogP contribution in [0, 0.1) is 17.5 Å². The first-order chi connectivity index (χ1) is 21.8. The van der Waals surface area contributed by atoms with Crippen LogP contribution in [-0.2, 0) is 20.7 Å². The summed E-state index contributed by atoms with van der Waals surface area (Å²) in [5, 5.41) is 14.6. The van der Waals surface area contributed by atoms with Gasteiger partial charge in [-0.3, -0.25) is 20.0 Å². The number of amides is 2. The summed E-state index contributed by atoms with van der Waals surface area (Å²) in [6.07, 6.45) is -5.18. The molecule has 1 aromatic heterocycles. The van der Waals surface area contributed by atoms with Crippen LogP contribution in [0.1, 0.15) is 35.4 Å². The first-order valence-corrected chi connectivity index (χ1v) is 14.2. The number of carbonyl (C=O) groups excluding carboxylic acids is 2. The quantitative estimate of drug-likeness (QED) is 0.252. The third kappa shape index (κ3) is 9.17. The summed E-state index contributed by atoms with van der Waals surface area (Å²) >= 11 is 0. The maximum absolute atomic E-state index is 14.9. The number of benzene rings is 2. The van der Waals surface area contributed by atoms with Gasteiger partial charge in [-0.15, -0.1) is 0 Å². The highest BCUT2D eigenvalue weighted by Gasteiger charge is 2.44. The van der Waals surface area contributed by atoms with E-state index in [-0.39, 0.29) is 48.6 Å². The minimum atomic E-state index is -4.85. The molecule has 9 nitrogen and oxygen atoms in total. The van der Waals surface area contributed by atoms with Gasteiger partial charge in [-0.2, -0.15) is 13.2 Å². The lowest BCUT2D eigenvalue weighted by Crippen LogP contribution is -2.53. The van der Waals surface area contributed by atoms with E-state index in [0.717, 1.165) is 13.2 Å². The molecule has 1 unspecified atom stereocenters. The van der Waals surface area contributed by atoms with Gasteiger partial charge in [0, 0.05) is 31.5 Å². The van der Waals surface area contributed by atoms with Crippen molar-refractivity contribution in [3.05, 3.63) is 95.1 Å². The molecule has 1 saturated heterocycles. The van der Waals surface area contributed by atoms with E-state index >= 15 is 0 Å². The number of nitrogens with one attached hydrogen (secondary N) is 2. The number of halogens is 6. The van der Waals surface area contributed by atoms with Gasteiger partial charge in [0.1, 0.15) is 17.5 Å². The monoisotopic (exact) mass is 654 g/mol. The Balaban J connectivity index is 1.35. The average molecular weight is 655 g/mol. The number of rotatable bonds is 11. The van der Waals surface area contributed by atoms with Crippen LogP contribution in [0.2, 0.25) is 0 Å². The molecule has 248 valence electrons. The van der Waals surface area contributed by atoms with Crippen molar-refractivity contribution in [2.45, 2.75) is 49.7 Å². The van der Waals surface area contributed by atoms with Crippen molar-refractivity contribution >= 4 is 17.7 Å². The van der Waals surface area contributed by atoms with Crippen LogP contribution in [0.25, 0.3) is 0 Å². The number of anilines is 1. The molecule has 1 aliphatic heterocycles. The molecular formula is C31H32F6N4O5. The molecule has 15 heteroatoms. The zero-order chi connectivity index (χ0) is 33.4. The van der Waals surface area contributed by atoms with Gasteiger partial charge < -0.3 is 19.9 Å². The Morgan fingerprint density at radius 3 is 2.20 bits per heavy atom. The van der Waals surface area contributed by atoms with Crippen LogP contribution < -0.4 is 10.6 Å². The summed E-state index contributed by atoms with van der Waals surface area (Å²) in [7, 11) is 0.856. The Hall–Kier alpha value is -4.21. The maximum atomic E-state index is 14.9. The molecule has 46 heavy (non-hydrogen) atoms. The van der Waals surface area contributed by atoms with Crippen LogP contribution in [0.15, 0.2) is 60.9 Å². The van der Waals surface area contributed by atoms with Crippen molar-refractivity contribution in [1.82, 2.24) is 15.2 Å². The largest absolute Gasteiger partial charge is 0.428 e. The van der Waals surface area contributed by atoms with E-state index < -0.39 is 66.5 Å². The molecule has 0 spiro atoms. The van der Waals surface area contributed by atoms with E-state index in [9.17, 15) is 35.9 Å². The Morgan fingerprint density at radius 1 is 1.07 bits per heavy atom. The van der Waals surface area contributed by atoms with Crippen LogP contribution in [-0.4, -0.2) is 78.3 Å². The van der Waals surface area contributed by atoms with Gasteiger partial charge in [0.2, 0.25) is 5.91 Å². The Kier molecular flexibility index (Phi) is 11.6. The number of pyridine rings is 1. The van der Waals surface area contributed by atoms with Crippen LogP contribution in [0.4, 0.5) is 36.8 Å². The number of hydrogen-bond acceptors (Lipinski definition) is 7. The molecule has 3 aromatic rings. The molecule has 2 aromatic carbocycles. The highest BCUT2D eigenvalue weighted by molar-refractivity contribution is 5.92. The normalized spacial score (nSPS) is 17.4. The van der Waals surface area contributed by atoms with Crippen molar-refractivity contribution < 1.29 is 50.5 Å². The first-order valence-electron chi connectivity index (χ1n) is 14.2. The van der Waals surface area contributed by atoms with Gasteiger partial charge in [-0.25, -0.2) is 18.0 Å². The Morgan fingerprint density at radius 2 is 1.67 bits per heavy atom. The number of ether oxygens (including phenoxy) is 2. The number of hydrogen-bond donors (Lipinski definition) is 3. The smallest absolute Gasteiger partial charge is 0.411 e. The fourth-order valence-corrected chi connectivity index (χ4v) is 4.98. The van der Waals surface area contributed by atoms with Crippen molar-refractivity contribution in [2.24, 2.45) is 0 Å². The lowest BCUT2D eigenvalue weighted by molar-refractivity contribution is -0.186. The predicted molar refractivity (Wildman–Crippen MR) is 153 cm³/mol. The number of aromatic nitrogens is 1. The van der Waals surface area contributed by atoms with Gasteiger partial charge >= 0.3 is 12.3 Å². The number of morpholine rings is 1. The molecule has 0 aliphatic carbocycles. The topological polar surface area (TPSA) is 113 Å². The van der Waals surface area contributed by atoms with E-state index in [1.165, 1.54) is 54.7 Å². The molecule has 1 fully saturated rings. The minimum Gasteiger partial charge on any atom is -0.428 e. The van der Waals surface area contributed by atoms with E-state index in [2.05, 4.69) is 15.6 Å². The van der Waals surface area contributed by atoms with Gasteiger partial charge in [-0.05, 0) is 48.2 Å². The van der Waals surface area contributed by atoms with Crippen molar-refractivity contribution in [1.29, 1.82) is 0 Å². The number of nitrogens with zero attached hydrogens (tertiary/aromatic N) is 2. The second-order valence-electron chi connectivity index (χ2n) is 10.7. The molecule has 0 saturated carbocycles. The number of aliphatic hydroxyl groups is 1.